The Balaban J connectivity index is 1.47. The summed E-state index contributed by atoms with van der Waals surface area (Å²) in [6.45, 7) is 6.62. The molecule has 3 fully saturated rings. The van der Waals surface area contributed by atoms with E-state index < -0.39 is 0 Å². The number of nitrogens with zero attached hydrogens (tertiary/aromatic N) is 2. The van der Waals surface area contributed by atoms with Crippen molar-refractivity contribution in [2.75, 3.05) is 32.8 Å². The van der Waals surface area contributed by atoms with E-state index in [1.54, 1.807) is 0 Å². The van der Waals surface area contributed by atoms with Gasteiger partial charge in [0.25, 0.3) is 0 Å². The van der Waals surface area contributed by atoms with Crippen LogP contribution < -0.4 is 10.6 Å². The molecule has 0 saturated carbocycles. The molecule has 0 radical (unpaired) electrons. The number of hydrogen-bond donors (Lipinski definition) is 2. The second-order valence-corrected chi connectivity index (χ2v) is 7.65. The van der Waals surface area contributed by atoms with Gasteiger partial charge in [-0.05, 0) is 24.3 Å². The van der Waals surface area contributed by atoms with E-state index in [1.807, 2.05) is 0 Å². The van der Waals surface area contributed by atoms with Gasteiger partial charge in [0.2, 0.25) is 5.91 Å². The minimum atomic E-state index is -0.0808. The standard InChI is InChI=1S/C20H30N4O2/c1-15(16-6-3-2-4-7-16)17-8-5-9-24(17)20-21-18(14-19(25)22-20)23-10-12-26-13-11-23/h2-4,6-7,15,17-18,20-21H,5,8-14H2,1H3,(H,22,25). The molecule has 1 aromatic carbocycles. The molecular weight excluding hydrogens is 328 g/mol. The molecule has 4 atom stereocenters. The minimum Gasteiger partial charge on any atom is -0.379 e. The van der Waals surface area contributed by atoms with Gasteiger partial charge in [0.1, 0.15) is 6.29 Å². The number of carbonyl (C=O) groups is 1. The van der Waals surface area contributed by atoms with Crippen LogP contribution in [0.2, 0.25) is 0 Å². The van der Waals surface area contributed by atoms with Gasteiger partial charge < -0.3 is 10.1 Å². The third kappa shape index (κ3) is 3.78. The molecule has 2 N–H and O–H groups in total. The van der Waals surface area contributed by atoms with Crippen LogP contribution in [0.25, 0.3) is 0 Å². The molecule has 4 rings (SSSR count). The zero-order chi connectivity index (χ0) is 17.9. The maximum absolute atomic E-state index is 12.4. The van der Waals surface area contributed by atoms with Crippen molar-refractivity contribution >= 4 is 5.91 Å². The number of rotatable bonds is 4. The lowest BCUT2D eigenvalue weighted by atomic mass is 9.91. The van der Waals surface area contributed by atoms with Gasteiger partial charge in [0.15, 0.2) is 0 Å². The predicted octanol–water partition coefficient (Wildman–Crippen LogP) is 1.31. The number of hydrogen-bond acceptors (Lipinski definition) is 5. The third-order valence-electron chi connectivity index (χ3n) is 6.09. The van der Waals surface area contributed by atoms with Crippen molar-refractivity contribution in [2.45, 2.75) is 50.6 Å². The summed E-state index contributed by atoms with van der Waals surface area (Å²) in [6.07, 6.45) is 2.89. The van der Waals surface area contributed by atoms with Gasteiger partial charge in [-0.3, -0.25) is 19.9 Å². The molecule has 3 aliphatic heterocycles. The monoisotopic (exact) mass is 358 g/mol. The Kier molecular flexibility index (Phi) is 5.55. The van der Waals surface area contributed by atoms with Crippen LogP contribution in [0.15, 0.2) is 30.3 Å². The Morgan fingerprint density at radius 1 is 1.15 bits per heavy atom. The summed E-state index contributed by atoms with van der Waals surface area (Å²) in [6, 6.07) is 11.2. The van der Waals surface area contributed by atoms with Crippen LogP contribution in [0.3, 0.4) is 0 Å². The van der Waals surface area contributed by atoms with Crippen molar-refractivity contribution in [3.8, 4) is 0 Å². The zero-order valence-corrected chi connectivity index (χ0v) is 15.6. The summed E-state index contributed by atoms with van der Waals surface area (Å²) in [5.74, 6) is 0.587. The summed E-state index contributed by atoms with van der Waals surface area (Å²) in [4.78, 5) is 17.2. The van der Waals surface area contributed by atoms with Crippen molar-refractivity contribution in [3.05, 3.63) is 35.9 Å². The van der Waals surface area contributed by atoms with Gasteiger partial charge >= 0.3 is 0 Å². The lowest BCUT2D eigenvalue weighted by molar-refractivity contribution is -0.131. The molecule has 0 aliphatic carbocycles. The molecule has 1 aromatic rings. The molecular formula is C20H30N4O2. The highest BCUT2D eigenvalue weighted by molar-refractivity contribution is 5.77. The molecule has 1 amide bonds. The van der Waals surface area contributed by atoms with Gasteiger partial charge in [-0.25, -0.2) is 0 Å². The van der Waals surface area contributed by atoms with E-state index >= 15 is 0 Å². The minimum absolute atomic E-state index is 0.0808. The number of morpholine rings is 1. The Labute approximate surface area is 155 Å². The smallest absolute Gasteiger partial charge is 0.225 e. The van der Waals surface area contributed by atoms with Crippen LogP contribution in [-0.4, -0.2) is 67.1 Å². The van der Waals surface area contributed by atoms with Crippen LogP contribution in [0.4, 0.5) is 0 Å². The first-order chi connectivity index (χ1) is 12.7. The lowest BCUT2D eigenvalue weighted by Crippen LogP contribution is -2.68. The summed E-state index contributed by atoms with van der Waals surface area (Å²) < 4.78 is 5.46. The van der Waals surface area contributed by atoms with Gasteiger partial charge in [-0.15, -0.1) is 0 Å². The highest BCUT2D eigenvalue weighted by atomic mass is 16.5. The summed E-state index contributed by atoms with van der Waals surface area (Å²) >= 11 is 0. The molecule has 0 spiro atoms. The summed E-state index contributed by atoms with van der Waals surface area (Å²) in [5, 5.41) is 6.88. The van der Waals surface area contributed by atoms with E-state index in [9.17, 15) is 4.79 Å². The van der Waals surface area contributed by atoms with Crippen LogP contribution in [0.1, 0.15) is 37.7 Å². The van der Waals surface area contributed by atoms with Gasteiger partial charge in [-0.1, -0.05) is 37.3 Å². The number of likely N-dealkylation sites (tertiary alicyclic amines) is 1. The molecule has 3 heterocycles. The molecule has 6 heteroatoms. The van der Waals surface area contributed by atoms with E-state index in [1.165, 1.54) is 18.4 Å². The van der Waals surface area contributed by atoms with Gasteiger partial charge in [-0.2, -0.15) is 0 Å². The van der Waals surface area contributed by atoms with Crippen molar-refractivity contribution < 1.29 is 9.53 Å². The second kappa shape index (κ2) is 8.05. The SMILES string of the molecule is CC(c1ccccc1)C1CCCN1C1NC(=O)CC(N2CCOCC2)N1. The van der Waals surface area contributed by atoms with Crippen molar-refractivity contribution in [3.63, 3.8) is 0 Å². The van der Waals surface area contributed by atoms with Gasteiger partial charge in [0.05, 0.1) is 25.8 Å². The lowest BCUT2D eigenvalue weighted by Gasteiger charge is -2.45. The van der Waals surface area contributed by atoms with Crippen molar-refractivity contribution in [2.24, 2.45) is 0 Å². The second-order valence-electron chi connectivity index (χ2n) is 7.65. The Bertz CT molecular complexity index is 605. The molecule has 0 aromatic heterocycles. The summed E-state index contributed by atoms with van der Waals surface area (Å²) in [7, 11) is 0. The van der Waals surface area contributed by atoms with E-state index in [4.69, 9.17) is 4.74 Å². The number of carbonyl (C=O) groups excluding carboxylic acids is 1. The fourth-order valence-electron chi connectivity index (χ4n) is 4.62. The molecule has 142 valence electrons. The van der Waals surface area contributed by atoms with E-state index in [-0.39, 0.29) is 18.4 Å². The largest absolute Gasteiger partial charge is 0.379 e. The predicted molar refractivity (Wildman–Crippen MR) is 100 cm³/mol. The molecule has 6 nitrogen and oxygen atoms in total. The average Bonchev–Trinajstić information content (AvgIpc) is 3.18. The molecule has 3 saturated heterocycles. The third-order valence-corrected chi connectivity index (χ3v) is 6.09. The summed E-state index contributed by atoms with van der Waals surface area (Å²) in [5.41, 5.74) is 1.37. The average molecular weight is 358 g/mol. The van der Waals surface area contributed by atoms with E-state index in [0.29, 0.717) is 18.4 Å². The van der Waals surface area contributed by atoms with Crippen LogP contribution >= 0.6 is 0 Å². The van der Waals surface area contributed by atoms with E-state index in [0.717, 1.165) is 32.8 Å². The van der Waals surface area contributed by atoms with Gasteiger partial charge in [0, 0.05) is 25.7 Å². The van der Waals surface area contributed by atoms with E-state index in [2.05, 4.69) is 57.7 Å². The first-order valence-corrected chi connectivity index (χ1v) is 9.90. The fraction of sp³-hybridized carbons (Fsp3) is 0.650. The number of benzene rings is 1. The van der Waals surface area contributed by atoms with Crippen LogP contribution in [0, 0.1) is 0 Å². The Morgan fingerprint density at radius 3 is 2.69 bits per heavy atom. The molecule has 26 heavy (non-hydrogen) atoms. The first-order valence-electron chi connectivity index (χ1n) is 9.90. The fourth-order valence-corrected chi connectivity index (χ4v) is 4.62. The maximum atomic E-state index is 12.4. The van der Waals surface area contributed by atoms with Crippen molar-refractivity contribution in [1.29, 1.82) is 0 Å². The number of ether oxygens (including phenoxy) is 1. The Hall–Kier alpha value is -1.47. The maximum Gasteiger partial charge on any atom is 0.225 e. The van der Waals surface area contributed by atoms with Crippen molar-refractivity contribution in [1.82, 2.24) is 20.4 Å². The molecule has 0 bridgehead atoms. The first kappa shape index (κ1) is 17.9. The zero-order valence-electron chi connectivity index (χ0n) is 15.6. The number of amides is 1. The molecule has 3 aliphatic rings. The highest BCUT2D eigenvalue weighted by Gasteiger charge is 2.39. The highest BCUT2D eigenvalue weighted by Crippen LogP contribution is 2.32. The normalized spacial score (nSPS) is 32.3. The number of nitrogens with one attached hydrogen (secondary N) is 2. The van der Waals surface area contributed by atoms with Crippen LogP contribution in [0.5, 0.6) is 0 Å². The quantitative estimate of drug-likeness (QED) is 0.850. The Morgan fingerprint density at radius 2 is 1.92 bits per heavy atom. The van der Waals surface area contributed by atoms with Crippen LogP contribution in [-0.2, 0) is 9.53 Å². The topological polar surface area (TPSA) is 56.8 Å². The molecule has 4 unspecified atom stereocenters.